The number of Topliss-reactive ketones (excluding diaryl/α,β-unsaturated/α-hetero) is 1. The van der Waals surface area contributed by atoms with Crippen LogP contribution in [0.15, 0.2) is 0 Å². The van der Waals surface area contributed by atoms with Gasteiger partial charge in [-0.25, -0.2) is 4.98 Å². The Kier molecular flexibility index (Phi) is 4.17. The molecule has 5 nitrogen and oxygen atoms in total. The normalized spacial score (nSPS) is 11.7. The summed E-state index contributed by atoms with van der Waals surface area (Å²) in [5, 5.41) is 0.451. The first-order valence-corrected chi connectivity index (χ1v) is 7.24. The summed E-state index contributed by atoms with van der Waals surface area (Å²) in [7, 11) is -3.40. The lowest BCUT2D eigenvalue weighted by atomic mass is 10.3. The number of hydrogen-bond acceptors (Lipinski definition) is 6. The number of ketones is 1. The van der Waals surface area contributed by atoms with Gasteiger partial charge in [-0.2, -0.15) is 8.42 Å². The molecule has 0 amide bonds. The van der Waals surface area contributed by atoms with Gasteiger partial charge in [0.05, 0.1) is 18.6 Å². The zero-order valence-electron chi connectivity index (χ0n) is 9.31. The number of carbonyl (C=O) groups is 1. The molecule has 0 fully saturated rings. The van der Waals surface area contributed by atoms with E-state index in [1.165, 1.54) is 18.3 Å². The van der Waals surface area contributed by atoms with Gasteiger partial charge in [0.25, 0.3) is 10.1 Å². The molecular formula is C9H13NO4S2. The molecule has 0 radical (unpaired) electrons. The molecule has 0 atom stereocenters. The molecule has 0 aromatic carbocycles. The number of carbonyl (C=O) groups excluding carboxylic acids is 1. The average molecular weight is 263 g/mol. The van der Waals surface area contributed by atoms with E-state index in [-0.39, 0.29) is 12.4 Å². The molecule has 1 rings (SSSR count). The van der Waals surface area contributed by atoms with Crippen molar-refractivity contribution in [2.45, 2.75) is 20.3 Å². The van der Waals surface area contributed by atoms with E-state index in [1.54, 1.807) is 6.92 Å². The van der Waals surface area contributed by atoms with E-state index in [9.17, 15) is 13.2 Å². The molecule has 90 valence electrons. The number of hydrogen-bond donors (Lipinski definition) is 0. The monoisotopic (exact) mass is 263 g/mol. The van der Waals surface area contributed by atoms with Crippen LogP contribution in [0.1, 0.15) is 27.3 Å². The first kappa shape index (κ1) is 13.3. The second-order valence-corrected chi connectivity index (χ2v) is 6.09. The minimum atomic E-state index is -3.40. The van der Waals surface area contributed by atoms with Gasteiger partial charge in [-0.05, 0) is 6.92 Å². The topological polar surface area (TPSA) is 73.3 Å². The minimum Gasteiger partial charge on any atom is -0.292 e. The number of aromatic nitrogens is 1. The molecule has 0 unspecified atom stereocenters. The van der Waals surface area contributed by atoms with Crippen molar-refractivity contribution in [3.05, 3.63) is 15.6 Å². The largest absolute Gasteiger partial charge is 0.292 e. The molecule has 0 aliphatic heterocycles. The van der Waals surface area contributed by atoms with Crippen molar-refractivity contribution in [1.29, 1.82) is 0 Å². The van der Waals surface area contributed by atoms with E-state index in [1.807, 2.05) is 0 Å². The van der Waals surface area contributed by atoms with E-state index in [0.717, 1.165) is 16.8 Å². The Morgan fingerprint density at radius 2 is 2.12 bits per heavy atom. The van der Waals surface area contributed by atoms with Crippen LogP contribution < -0.4 is 0 Å². The van der Waals surface area contributed by atoms with E-state index in [0.29, 0.717) is 11.4 Å². The zero-order valence-corrected chi connectivity index (χ0v) is 10.9. The predicted octanol–water partition coefficient (Wildman–Crippen LogP) is 1.17. The highest BCUT2D eigenvalue weighted by molar-refractivity contribution is 7.85. The average Bonchev–Trinajstić information content (AvgIpc) is 2.46. The Labute approximate surface area is 98.6 Å². The van der Waals surface area contributed by atoms with Gasteiger partial charge in [-0.15, -0.1) is 11.3 Å². The van der Waals surface area contributed by atoms with Gasteiger partial charge in [-0.3, -0.25) is 8.98 Å². The first-order valence-electron chi connectivity index (χ1n) is 4.61. The van der Waals surface area contributed by atoms with E-state index in [4.69, 9.17) is 0 Å². The number of nitrogens with zero attached hydrogens (tertiary/aromatic N) is 1. The second-order valence-electron chi connectivity index (χ2n) is 3.36. The Bertz CT molecular complexity index is 490. The first-order chi connectivity index (χ1) is 7.29. The second kappa shape index (κ2) is 5.03. The summed E-state index contributed by atoms with van der Waals surface area (Å²) in [4.78, 5) is 16.0. The summed E-state index contributed by atoms with van der Waals surface area (Å²) in [5.41, 5.74) is 0.757. The molecule has 0 bridgehead atoms. The molecule has 0 spiro atoms. The molecule has 0 saturated heterocycles. The van der Waals surface area contributed by atoms with Gasteiger partial charge in [0.2, 0.25) is 0 Å². The maximum Gasteiger partial charge on any atom is 0.264 e. The summed E-state index contributed by atoms with van der Waals surface area (Å²) in [6.07, 6.45) is 1.46. The standard InChI is InChI=1S/C9H13NO4S2/c1-6-8(4-5-14-16(3,12)13)15-9(10-6)7(2)11/h4-5H2,1-3H3. The lowest BCUT2D eigenvalue weighted by Crippen LogP contribution is -2.05. The summed E-state index contributed by atoms with van der Waals surface area (Å²) >= 11 is 1.28. The van der Waals surface area contributed by atoms with Gasteiger partial charge in [0.1, 0.15) is 0 Å². The van der Waals surface area contributed by atoms with Gasteiger partial charge in [0.15, 0.2) is 10.8 Å². The summed E-state index contributed by atoms with van der Waals surface area (Å²) in [6, 6.07) is 0. The molecule has 1 aromatic rings. The van der Waals surface area contributed by atoms with Crippen molar-refractivity contribution in [2.75, 3.05) is 12.9 Å². The maximum atomic E-state index is 11.1. The highest BCUT2D eigenvalue weighted by atomic mass is 32.2. The van der Waals surface area contributed by atoms with Crippen molar-refractivity contribution in [2.24, 2.45) is 0 Å². The van der Waals surface area contributed by atoms with Crippen LogP contribution >= 0.6 is 11.3 Å². The quantitative estimate of drug-likeness (QED) is 0.589. The highest BCUT2D eigenvalue weighted by Crippen LogP contribution is 2.19. The zero-order chi connectivity index (χ0) is 12.3. The number of aryl methyl sites for hydroxylation is 1. The van der Waals surface area contributed by atoms with Crippen LogP contribution in [-0.2, 0) is 20.7 Å². The van der Waals surface area contributed by atoms with E-state index in [2.05, 4.69) is 9.17 Å². The van der Waals surface area contributed by atoms with Crippen molar-refractivity contribution in [3.63, 3.8) is 0 Å². The predicted molar refractivity (Wildman–Crippen MR) is 61.4 cm³/mol. The SMILES string of the molecule is CC(=O)c1nc(C)c(CCOS(C)(=O)=O)s1. The molecule has 16 heavy (non-hydrogen) atoms. The third-order valence-corrected chi connectivity index (χ3v) is 3.73. The lowest BCUT2D eigenvalue weighted by molar-refractivity contribution is 0.101. The van der Waals surface area contributed by atoms with Crippen molar-refractivity contribution < 1.29 is 17.4 Å². The van der Waals surface area contributed by atoms with Gasteiger partial charge >= 0.3 is 0 Å². The van der Waals surface area contributed by atoms with Gasteiger partial charge in [-0.1, -0.05) is 0 Å². The fourth-order valence-electron chi connectivity index (χ4n) is 1.10. The van der Waals surface area contributed by atoms with Crippen molar-refractivity contribution in [3.8, 4) is 0 Å². The van der Waals surface area contributed by atoms with Crippen LogP contribution in [0, 0.1) is 6.92 Å². The highest BCUT2D eigenvalue weighted by Gasteiger charge is 2.11. The van der Waals surface area contributed by atoms with Crippen molar-refractivity contribution >= 4 is 27.2 Å². The van der Waals surface area contributed by atoms with Crippen LogP contribution in [0.2, 0.25) is 0 Å². The van der Waals surface area contributed by atoms with Crippen molar-refractivity contribution in [1.82, 2.24) is 4.98 Å². The van der Waals surface area contributed by atoms with Crippen LogP contribution in [0.4, 0.5) is 0 Å². The maximum absolute atomic E-state index is 11.1. The van der Waals surface area contributed by atoms with Gasteiger partial charge < -0.3 is 0 Å². The third-order valence-electron chi connectivity index (χ3n) is 1.82. The van der Waals surface area contributed by atoms with Gasteiger partial charge in [0, 0.05) is 18.2 Å². The van der Waals surface area contributed by atoms with Crippen LogP contribution in [-0.4, -0.2) is 32.0 Å². The van der Waals surface area contributed by atoms with E-state index < -0.39 is 10.1 Å². The minimum absolute atomic E-state index is 0.0802. The van der Waals surface area contributed by atoms with E-state index >= 15 is 0 Å². The molecule has 7 heteroatoms. The van der Waals surface area contributed by atoms with Crippen LogP contribution in [0.5, 0.6) is 0 Å². The fraction of sp³-hybridized carbons (Fsp3) is 0.556. The Morgan fingerprint density at radius 3 is 2.56 bits per heavy atom. The molecule has 0 saturated carbocycles. The molecule has 0 aliphatic carbocycles. The lowest BCUT2D eigenvalue weighted by Gasteiger charge is -1.99. The third kappa shape index (κ3) is 3.99. The Morgan fingerprint density at radius 1 is 1.50 bits per heavy atom. The molecule has 1 heterocycles. The molecular weight excluding hydrogens is 250 g/mol. The summed E-state index contributed by atoms with van der Waals surface area (Å²) in [6.45, 7) is 3.33. The smallest absolute Gasteiger partial charge is 0.264 e. The van der Waals surface area contributed by atoms with Crippen LogP contribution in [0.3, 0.4) is 0 Å². The Hall–Kier alpha value is -0.790. The molecule has 1 aromatic heterocycles. The fourth-order valence-corrected chi connectivity index (χ4v) is 2.42. The molecule has 0 N–H and O–H groups in total. The number of rotatable bonds is 5. The summed E-state index contributed by atoms with van der Waals surface area (Å²) < 4.78 is 26.1. The Balaban J connectivity index is 2.64. The summed E-state index contributed by atoms with van der Waals surface area (Å²) in [5.74, 6) is -0.0802. The molecule has 0 aliphatic rings. The number of thiazole rings is 1. The van der Waals surface area contributed by atoms with Crippen LogP contribution in [0.25, 0.3) is 0 Å².